The van der Waals surface area contributed by atoms with Gasteiger partial charge in [-0.15, -0.1) is 0 Å². The second kappa shape index (κ2) is 5.50. The molecule has 2 aromatic heterocycles. The molecule has 0 saturated carbocycles. The fraction of sp³-hybridized carbons (Fsp3) is 0.429. The standard InChI is InChI=1S/C14H14N4O3/c1-19-11-3-2-10(8-16-11)12-17-13(21-18-12)14(9-15)4-6-20-7-5-14/h2-3,8H,4-7H2,1H3. The van der Waals surface area contributed by atoms with Crippen molar-refractivity contribution in [1.82, 2.24) is 15.1 Å². The summed E-state index contributed by atoms with van der Waals surface area (Å²) in [4.78, 5) is 8.47. The van der Waals surface area contributed by atoms with E-state index in [1.807, 2.05) is 0 Å². The Balaban J connectivity index is 1.90. The minimum Gasteiger partial charge on any atom is -0.481 e. The molecule has 1 fully saturated rings. The molecule has 108 valence electrons. The molecule has 3 heterocycles. The number of pyridine rings is 1. The van der Waals surface area contributed by atoms with Gasteiger partial charge in [-0.1, -0.05) is 5.16 Å². The normalized spacial score (nSPS) is 17.1. The van der Waals surface area contributed by atoms with Crippen LogP contribution in [-0.4, -0.2) is 35.4 Å². The fourth-order valence-corrected chi connectivity index (χ4v) is 2.26. The Morgan fingerprint density at radius 2 is 2.14 bits per heavy atom. The fourth-order valence-electron chi connectivity index (χ4n) is 2.26. The van der Waals surface area contributed by atoms with E-state index in [9.17, 15) is 5.26 Å². The Hall–Kier alpha value is -2.46. The van der Waals surface area contributed by atoms with Crippen LogP contribution in [0.1, 0.15) is 18.7 Å². The molecule has 0 N–H and O–H groups in total. The average molecular weight is 286 g/mol. The Bertz CT molecular complexity index is 654. The largest absolute Gasteiger partial charge is 0.481 e. The van der Waals surface area contributed by atoms with E-state index in [0.29, 0.717) is 49.2 Å². The number of methoxy groups -OCH3 is 1. The lowest BCUT2D eigenvalue weighted by atomic mass is 9.82. The van der Waals surface area contributed by atoms with Gasteiger partial charge in [0.05, 0.1) is 13.2 Å². The van der Waals surface area contributed by atoms with Crippen molar-refractivity contribution >= 4 is 0 Å². The summed E-state index contributed by atoms with van der Waals surface area (Å²) < 4.78 is 15.6. The predicted octanol–water partition coefficient (Wildman–Crippen LogP) is 1.71. The molecule has 7 heteroatoms. The van der Waals surface area contributed by atoms with Crippen LogP contribution in [-0.2, 0) is 10.2 Å². The van der Waals surface area contributed by atoms with Crippen LogP contribution in [0.15, 0.2) is 22.9 Å². The maximum absolute atomic E-state index is 9.48. The second-order valence-electron chi connectivity index (χ2n) is 4.82. The Morgan fingerprint density at radius 3 is 2.76 bits per heavy atom. The highest BCUT2D eigenvalue weighted by Crippen LogP contribution is 2.34. The smallest absolute Gasteiger partial charge is 0.247 e. The van der Waals surface area contributed by atoms with Gasteiger partial charge < -0.3 is 14.0 Å². The van der Waals surface area contributed by atoms with Crippen molar-refractivity contribution in [2.24, 2.45) is 0 Å². The third-order valence-corrected chi connectivity index (χ3v) is 3.60. The third kappa shape index (κ3) is 2.45. The van der Waals surface area contributed by atoms with E-state index < -0.39 is 5.41 Å². The molecule has 1 saturated heterocycles. The van der Waals surface area contributed by atoms with Gasteiger partial charge in [0.1, 0.15) is 5.41 Å². The first-order valence-electron chi connectivity index (χ1n) is 6.61. The van der Waals surface area contributed by atoms with E-state index in [-0.39, 0.29) is 0 Å². The van der Waals surface area contributed by atoms with Crippen LogP contribution in [0.3, 0.4) is 0 Å². The van der Waals surface area contributed by atoms with Gasteiger partial charge in [0.2, 0.25) is 17.6 Å². The summed E-state index contributed by atoms with van der Waals surface area (Å²) >= 11 is 0. The number of rotatable bonds is 3. The molecule has 0 spiro atoms. The van der Waals surface area contributed by atoms with Crippen LogP contribution in [0.4, 0.5) is 0 Å². The van der Waals surface area contributed by atoms with Gasteiger partial charge in [-0.05, 0) is 18.9 Å². The van der Waals surface area contributed by atoms with E-state index in [2.05, 4.69) is 21.2 Å². The molecule has 3 rings (SSSR count). The number of hydrogen-bond acceptors (Lipinski definition) is 7. The lowest BCUT2D eigenvalue weighted by molar-refractivity contribution is 0.0574. The van der Waals surface area contributed by atoms with Gasteiger partial charge in [0, 0.05) is 31.0 Å². The van der Waals surface area contributed by atoms with Crippen molar-refractivity contribution in [2.45, 2.75) is 18.3 Å². The summed E-state index contributed by atoms with van der Waals surface area (Å²) in [6.07, 6.45) is 2.73. The van der Waals surface area contributed by atoms with Crippen molar-refractivity contribution in [3.63, 3.8) is 0 Å². The Morgan fingerprint density at radius 1 is 1.33 bits per heavy atom. The van der Waals surface area contributed by atoms with Gasteiger partial charge in [0.15, 0.2) is 0 Å². The molecule has 7 nitrogen and oxygen atoms in total. The molecular weight excluding hydrogens is 272 g/mol. The summed E-state index contributed by atoms with van der Waals surface area (Å²) in [6, 6.07) is 5.82. The highest BCUT2D eigenvalue weighted by molar-refractivity contribution is 5.53. The summed E-state index contributed by atoms with van der Waals surface area (Å²) in [5.41, 5.74) is -0.0328. The predicted molar refractivity (Wildman–Crippen MR) is 71.4 cm³/mol. The minimum absolute atomic E-state index is 0.346. The highest BCUT2D eigenvalue weighted by Gasteiger charge is 2.40. The molecule has 1 aliphatic rings. The van der Waals surface area contributed by atoms with Crippen molar-refractivity contribution in [3.05, 3.63) is 24.2 Å². The third-order valence-electron chi connectivity index (χ3n) is 3.60. The van der Waals surface area contributed by atoms with E-state index >= 15 is 0 Å². The molecular formula is C14H14N4O3. The van der Waals surface area contributed by atoms with Crippen molar-refractivity contribution in [3.8, 4) is 23.3 Å². The van der Waals surface area contributed by atoms with E-state index in [1.165, 1.54) is 0 Å². The second-order valence-corrected chi connectivity index (χ2v) is 4.82. The van der Waals surface area contributed by atoms with Crippen molar-refractivity contribution in [2.75, 3.05) is 20.3 Å². The SMILES string of the molecule is COc1ccc(-c2noc(C3(C#N)CCOCC3)n2)cn1. The number of nitrogens with zero attached hydrogens (tertiary/aromatic N) is 4. The molecule has 0 atom stereocenters. The van der Waals surface area contributed by atoms with Gasteiger partial charge >= 0.3 is 0 Å². The minimum atomic E-state index is -0.747. The molecule has 0 radical (unpaired) electrons. The molecule has 0 aromatic carbocycles. The molecule has 0 amide bonds. The number of ether oxygens (including phenoxy) is 2. The lowest BCUT2D eigenvalue weighted by Crippen LogP contribution is -2.32. The van der Waals surface area contributed by atoms with Gasteiger partial charge in [-0.3, -0.25) is 0 Å². The zero-order chi connectivity index (χ0) is 14.7. The molecule has 0 aliphatic carbocycles. The maximum Gasteiger partial charge on any atom is 0.247 e. The lowest BCUT2D eigenvalue weighted by Gasteiger charge is -2.26. The van der Waals surface area contributed by atoms with Crippen LogP contribution in [0.25, 0.3) is 11.4 Å². The molecule has 21 heavy (non-hydrogen) atoms. The Labute approximate surface area is 121 Å². The van der Waals surface area contributed by atoms with Crippen molar-refractivity contribution in [1.29, 1.82) is 5.26 Å². The average Bonchev–Trinajstić information content (AvgIpc) is 3.06. The van der Waals surface area contributed by atoms with Crippen LogP contribution in [0, 0.1) is 11.3 Å². The molecule has 2 aromatic rings. The number of hydrogen-bond donors (Lipinski definition) is 0. The first-order chi connectivity index (χ1) is 10.3. The Kier molecular flexibility index (Phi) is 3.54. The molecule has 1 aliphatic heterocycles. The zero-order valence-corrected chi connectivity index (χ0v) is 11.6. The van der Waals surface area contributed by atoms with Gasteiger partial charge in [-0.2, -0.15) is 10.2 Å². The highest BCUT2D eigenvalue weighted by atomic mass is 16.5. The van der Waals surface area contributed by atoms with Crippen LogP contribution in [0.2, 0.25) is 0 Å². The quantitative estimate of drug-likeness (QED) is 0.847. The van der Waals surface area contributed by atoms with E-state index in [4.69, 9.17) is 14.0 Å². The summed E-state index contributed by atoms with van der Waals surface area (Å²) in [5.74, 6) is 1.28. The van der Waals surface area contributed by atoms with Gasteiger partial charge in [0.25, 0.3) is 0 Å². The number of nitriles is 1. The zero-order valence-electron chi connectivity index (χ0n) is 11.6. The maximum atomic E-state index is 9.48. The first kappa shape index (κ1) is 13.5. The summed E-state index contributed by atoms with van der Waals surface area (Å²) in [5, 5.41) is 13.4. The number of aromatic nitrogens is 3. The summed E-state index contributed by atoms with van der Waals surface area (Å²) in [6.45, 7) is 1.05. The van der Waals surface area contributed by atoms with Gasteiger partial charge in [-0.25, -0.2) is 4.98 Å². The van der Waals surface area contributed by atoms with E-state index in [1.54, 1.807) is 25.4 Å². The summed E-state index contributed by atoms with van der Waals surface area (Å²) in [7, 11) is 1.55. The topological polar surface area (TPSA) is 94.1 Å². The van der Waals surface area contributed by atoms with E-state index in [0.717, 1.165) is 0 Å². The van der Waals surface area contributed by atoms with Crippen LogP contribution < -0.4 is 4.74 Å². The van der Waals surface area contributed by atoms with Crippen LogP contribution >= 0.6 is 0 Å². The monoisotopic (exact) mass is 286 g/mol. The molecule has 0 bridgehead atoms. The molecule has 0 unspecified atom stereocenters. The van der Waals surface area contributed by atoms with Crippen LogP contribution in [0.5, 0.6) is 5.88 Å². The van der Waals surface area contributed by atoms with Crippen molar-refractivity contribution < 1.29 is 14.0 Å². The first-order valence-corrected chi connectivity index (χ1v) is 6.61.